The molecule has 1 aromatic carbocycles. The summed E-state index contributed by atoms with van der Waals surface area (Å²) >= 11 is 0. The van der Waals surface area contributed by atoms with Crippen molar-refractivity contribution < 1.29 is 22.8 Å². The number of fused-ring (bicyclic) bond motifs is 3. The minimum absolute atomic E-state index is 0.0143. The van der Waals surface area contributed by atoms with Gasteiger partial charge >= 0.3 is 6.18 Å². The largest absolute Gasteiger partial charge is 0.416 e. The van der Waals surface area contributed by atoms with Crippen LogP contribution in [0.3, 0.4) is 0 Å². The Balaban J connectivity index is 1.42. The van der Waals surface area contributed by atoms with Gasteiger partial charge in [-0.3, -0.25) is 19.4 Å². The molecule has 12 heteroatoms. The second-order valence-corrected chi connectivity index (χ2v) is 11.7. The number of carbonyl (C=O) groups excluding carboxylic acids is 2. The van der Waals surface area contributed by atoms with Gasteiger partial charge in [0, 0.05) is 50.9 Å². The van der Waals surface area contributed by atoms with E-state index in [9.17, 15) is 22.8 Å². The monoisotopic (exact) mass is 581 g/mol. The average molecular weight is 582 g/mol. The highest BCUT2D eigenvalue weighted by Crippen LogP contribution is 2.42. The smallest absolute Gasteiger partial charge is 0.363 e. The quantitative estimate of drug-likeness (QED) is 0.459. The van der Waals surface area contributed by atoms with Crippen molar-refractivity contribution in [3.05, 3.63) is 64.9 Å². The van der Waals surface area contributed by atoms with Gasteiger partial charge in [-0.2, -0.15) is 13.2 Å². The molecule has 2 aromatic heterocycles. The number of aryl methyl sites for hydroxylation is 2. The van der Waals surface area contributed by atoms with Crippen LogP contribution in [-0.2, 0) is 28.9 Å². The topological polar surface area (TPSA) is 77.8 Å². The predicted octanol–water partition coefficient (Wildman–Crippen LogP) is 4.32. The number of likely N-dealkylation sites (N-methyl/N-ethyl adjacent to an activating group) is 2. The summed E-state index contributed by atoms with van der Waals surface area (Å²) in [5.41, 5.74) is 2.61. The minimum Gasteiger partial charge on any atom is -0.363 e. The number of aromatic nitrogens is 3. The number of hydrogen-bond donors (Lipinski definition) is 0. The number of imidazole rings is 1. The van der Waals surface area contributed by atoms with Gasteiger partial charge in [0.15, 0.2) is 0 Å². The molecule has 0 bridgehead atoms. The highest BCUT2D eigenvalue weighted by atomic mass is 19.4. The van der Waals surface area contributed by atoms with Crippen LogP contribution in [0.25, 0.3) is 0 Å². The van der Waals surface area contributed by atoms with Gasteiger partial charge in [0.2, 0.25) is 11.8 Å². The van der Waals surface area contributed by atoms with E-state index in [1.54, 1.807) is 7.05 Å². The minimum atomic E-state index is -4.62. The summed E-state index contributed by atoms with van der Waals surface area (Å²) in [5, 5.41) is 0. The number of benzene rings is 1. The molecule has 3 aliphatic heterocycles. The van der Waals surface area contributed by atoms with Gasteiger partial charge in [-0.1, -0.05) is 12.1 Å². The number of alkyl halides is 3. The fraction of sp³-hybridized carbons (Fsp3) is 0.467. The highest BCUT2D eigenvalue weighted by molar-refractivity contribution is 6.10. The Morgan fingerprint density at radius 2 is 1.81 bits per heavy atom. The number of amides is 2. The van der Waals surface area contributed by atoms with E-state index in [1.165, 1.54) is 16.7 Å². The number of rotatable bonds is 3. The SMILES string of the molecule is Cc1cc(C(F)(F)F)cc(N2C(=O)C[C@@H]3CN(Cc4cn5c(n4)[C@H](C)N(C)CC5)c4c(C)cccc4N(C)C(=O)[C@H]32)n1. The van der Waals surface area contributed by atoms with Crippen LogP contribution in [0.5, 0.6) is 0 Å². The molecular weight excluding hydrogens is 547 g/mol. The maximum absolute atomic E-state index is 14.1. The summed E-state index contributed by atoms with van der Waals surface area (Å²) in [5.74, 6) is -0.412. The molecule has 3 atom stereocenters. The molecule has 3 aliphatic rings. The lowest BCUT2D eigenvalue weighted by atomic mass is 9.95. The maximum Gasteiger partial charge on any atom is 0.416 e. The fourth-order valence-electron chi connectivity index (χ4n) is 6.57. The zero-order chi connectivity index (χ0) is 30.1. The molecule has 0 saturated carbocycles. The van der Waals surface area contributed by atoms with E-state index >= 15 is 0 Å². The first-order valence-electron chi connectivity index (χ1n) is 14.1. The van der Waals surface area contributed by atoms with E-state index in [0.29, 0.717) is 18.8 Å². The van der Waals surface area contributed by atoms with Crippen molar-refractivity contribution in [2.24, 2.45) is 5.92 Å². The number of nitrogens with zero attached hydrogens (tertiary/aromatic N) is 7. The third-order valence-corrected chi connectivity index (χ3v) is 8.82. The summed E-state index contributed by atoms with van der Waals surface area (Å²) < 4.78 is 43.3. The van der Waals surface area contributed by atoms with Crippen LogP contribution in [-0.4, -0.2) is 64.5 Å². The van der Waals surface area contributed by atoms with Gasteiger partial charge in [0.05, 0.1) is 35.2 Å². The number of halogens is 3. The standard InChI is InChI=1S/C30H34F3N7O2/c1-17-7-6-8-23-26(17)39(16-22-15-38-10-9-36(4)19(3)28(38)35-22)14-20-12-25(41)40(27(20)29(42)37(23)5)24-13-21(30(31,32)33)11-18(2)34-24/h6-8,11,13,15,19-20,27H,9-10,12,14,16H2,1-5H3/t19-,20+,27-/m0/s1. The van der Waals surface area contributed by atoms with Crippen LogP contribution in [0.1, 0.15) is 47.7 Å². The second-order valence-electron chi connectivity index (χ2n) is 11.7. The van der Waals surface area contributed by atoms with Crippen LogP contribution < -0.4 is 14.7 Å². The zero-order valence-electron chi connectivity index (χ0n) is 24.3. The van der Waals surface area contributed by atoms with Crippen molar-refractivity contribution in [1.82, 2.24) is 19.4 Å². The van der Waals surface area contributed by atoms with Gasteiger partial charge in [0.1, 0.15) is 17.7 Å². The van der Waals surface area contributed by atoms with E-state index < -0.39 is 29.6 Å². The van der Waals surface area contributed by atoms with E-state index in [4.69, 9.17) is 4.98 Å². The van der Waals surface area contributed by atoms with Crippen molar-refractivity contribution in [1.29, 1.82) is 0 Å². The van der Waals surface area contributed by atoms with Gasteiger partial charge < -0.3 is 14.4 Å². The summed E-state index contributed by atoms with van der Waals surface area (Å²) in [7, 11) is 3.73. The first kappa shape index (κ1) is 28.2. The molecule has 5 heterocycles. The van der Waals surface area contributed by atoms with Crippen LogP contribution in [0.4, 0.5) is 30.4 Å². The molecule has 6 rings (SSSR count). The Morgan fingerprint density at radius 1 is 1.05 bits per heavy atom. The molecule has 0 unspecified atom stereocenters. The second kappa shape index (κ2) is 10.1. The normalized spacial score (nSPS) is 23.0. The molecule has 0 radical (unpaired) electrons. The summed E-state index contributed by atoms with van der Waals surface area (Å²) in [6.07, 6.45) is -2.53. The predicted molar refractivity (Wildman–Crippen MR) is 152 cm³/mol. The van der Waals surface area contributed by atoms with Crippen LogP contribution in [0.15, 0.2) is 36.5 Å². The van der Waals surface area contributed by atoms with Gasteiger partial charge in [-0.25, -0.2) is 9.97 Å². The van der Waals surface area contributed by atoms with Gasteiger partial charge in [-0.05, 0) is 51.6 Å². The molecule has 222 valence electrons. The molecule has 2 amide bonds. The van der Waals surface area contributed by atoms with Crippen LogP contribution in [0, 0.1) is 19.8 Å². The number of anilines is 3. The number of pyridine rings is 1. The molecule has 0 aliphatic carbocycles. The lowest BCUT2D eigenvalue weighted by Crippen LogP contribution is -2.52. The zero-order valence-corrected chi connectivity index (χ0v) is 24.3. The Morgan fingerprint density at radius 3 is 2.55 bits per heavy atom. The molecule has 9 nitrogen and oxygen atoms in total. The van der Waals surface area contributed by atoms with Gasteiger partial charge in [0.25, 0.3) is 0 Å². The maximum atomic E-state index is 14.1. The van der Waals surface area contributed by atoms with Crippen molar-refractivity contribution >= 4 is 29.0 Å². The number of para-hydroxylation sites is 1. The van der Waals surface area contributed by atoms with Crippen molar-refractivity contribution in [3.8, 4) is 0 Å². The third-order valence-electron chi connectivity index (χ3n) is 8.82. The Hall–Kier alpha value is -3.93. The summed E-state index contributed by atoms with van der Waals surface area (Å²) in [4.78, 5) is 43.9. The molecular formula is C30H34F3N7O2. The first-order valence-corrected chi connectivity index (χ1v) is 14.1. The van der Waals surface area contributed by atoms with Crippen molar-refractivity contribution in [2.45, 2.75) is 58.5 Å². The van der Waals surface area contributed by atoms with E-state index in [2.05, 4.69) is 39.5 Å². The lowest BCUT2D eigenvalue weighted by molar-refractivity contribution is -0.137. The Bertz CT molecular complexity index is 1570. The van der Waals surface area contributed by atoms with Crippen molar-refractivity contribution in [3.63, 3.8) is 0 Å². The van der Waals surface area contributed by atoms with Gasteiger partial charge in [-0.15, -0.1) is 0 Å². The number of carbonyl (C=O) groups is 2. The Kier molecular flexibility index (Phi) is 6.79. The van der Waals surface area contributed by atoms with E-state index in [0.717, 1.165) is 48.0 Å². The molecule has 1 saturated heterocycles. The first-order chi connectivity index (χ1) is 19.8. The molecule has 0 spiro atoms. The summed E-state index contributed by atoms with van der Waals surface area (Å²) in [6, 6.07) is 6.69. The molecule has 42 heavy (non-hydrogen) atoms. The van der Waals surface area contributed by atoms with E-state index in [1.807, 2.05) is 25.1 Å². The van der Waals surface area contributed by atoms with Crippen LogP contribution in [0.2, 0.25) is 0 Å². The van der Waals surface area contributed by atoms with Crippen molar-refractivity contribution in [2.75, 3.05) is 41.9 Å². The third kappa shape index (κ3) is 4.71. The highest BCUT2D eigenvalue weighted by Gasteiger charge is 2.49. The summed E-state index contributed by atoms with van der Waals surface area (Å²) in [6.45, 7) is 8.13. The molecule has 1 fully saturated rings. The van der Waals surface area contributed by atoms with Crippen LogP contribution >= 0.6 is 0 Å². The van der Waals surface area contributed by atoms with E-state index in [-0.39, 0.29) is 29.9 Å². The fourth-order valence-corrected chi connectivity index (χ4v) is 6.57. The number of hydrogen-bond acceptors (Lipinski definition) is 6. The Labute approximate surface area is 242 Å². The average Bonchev–Trinajstić information content (AvgIpc) is 3.48. The lowest BCUT2D eigenvalue weighted by Gasteiger charge is -2.39. The molecule has 0 N–H and O–H groups in total. The molecule has 3 aromatic rings.